The van der Waals surface area contributed by atoms with Gasteiger partial charge in [-0.2, -0.15) is 0 Å². The van der Waals surface area contributed by atoms with Crippen molar-refractivity contribution in [1.82, 2.24) is 4.98 Å². The van der Waals surface area contributed by atoms with Gasteiger partial charge in [-0.3, -0.25) is 0 Å². The Morgan fingerprint density at radius 2 is 1.02 bits per heavy atom. The average Bonchev–Trinajstić information content (AvgIpc) is 3.48. The number of fused-ring (bicyclic) bond motifs is 11. The lowest BCUT2D eigenvalue weighted by Crippen LogP contribution is -1.91. The Morgan fingerprint density at radius 1 is 0.400 bits per heavy atom. The Balaban J connectivity index is 1.21. The van der Waals surface area contributed by atoms with Crippen molar-refractivity contribution in [2.75, 3.05) is 0 Å². The molecule has 0 unspecified atom stereocenters. The highest BCUT2D eigenvalue weighted by molar-refractivity contribution is 6.24. The number of rotatable bonds is 2. The fourth-order valence-electron chi connectivity index (χ4n) is 7.28. The van der Waals surface area contributed by atoms with Gasteiger partial charge in [-0.25, -0.2) is 4.98 Å². The highest BCUT2D eigenvalue weighted by atomic mass is 16.3. The van der Waals surface area contributed by atoms with Gasteiger partial charge in [0, 0.05) is 38.1 Å². The van der Waals surface area contributed by atoms with Gasteiger partial charge >= 0.3 is 0 Å². The molecule has 0 radical (unpaired) electrons. The third-order valence-corrected chi connectivity index (χ3v) is 9.39. The van der Waals surface area contributed by atoms with E-state index in [0.717, 1.165) is 49.8 Å². The van der Waals surface area contributed by atoms with Crippen LogP contribution in [0.5, 0.6) is 0 Å². The van der Waals surface area contributed by atoms with E-state index < -0.39 is 0 Å². The van der Waals surface area contributed by atoms with E-state index >= 15 is 0 Å². The van der Waals surface area contributed by atoms with Gasteiger partial charge in [-0.15, -0.1) is 0 Å². The fraction of sp³-hybridized carbons (Fsp3) is 0. The Bertz CT molecular complexity index is 2790. The predicted octanol–water partition coefficient (Wildman–Crippen LogP) is 12.1. The molecule has 8 aromatic carbocycles. The molecular weight excluding hydrogens is 546 g/mol. The summed E-state index contributed by atoms with van der Waals surface area (Å²) in [5.74, 6) is 0. The molecule has 0 aliphatic heterocycles. The average molecular weight is 572 g/mol. The van der Waals surface area contributed by atoms with E-state index in [1.54, 1.807) is 0 Å². The molecular formula is C43H25NO. The van der Waals surface area contributed by atoms with E-state index in [4.69, 9.17) is 9.40 Å². The first-order valence-electron chi connectivity index (χ1n) is 15.4. The van der Waals surface area contributed by atoms with Gasteiger partial charge in [0.1, 0.15) is 11.2 Å². The summed E-state index contributed by atoms with van der Waals surface area (Å²) in [6, 6.07) is 54.2. The molecule has 0 spiro atoms. The molecule has 0 atom stereocenters. The minimum Gasteiger partial charge on any atom is -0.455 e. The summed E-state index contributed by atoms with van der Waals surface area (Å²) in [4.78, 5) is 5.21. The van der Waals surface area contributed by atoms with Gasteiger partial charge in [0.15, 0.2) is 0 Å². The van der Waals surface area contributed by atoms with Crippen molar-refractivity contribution >= 4 is 75.9 Å². The van der Waals surface area contributed by atoms with E-state index in [0.29, 0.717) is 0 Å². The molecule has 10 aromatic rings. The molecule has 2 heterocycles. The molecule has 2 nitrogen and oxygen atoms in total. The lowest BCUT2D eigenvalue weighted by atomic mass is 9.93. The van der Waals surface area contributed by atoms with Crippen LogP contribution in [-0.4, -0.2) is 4.98 Å². The zero-order valence-corrected chi connectivity index (χ0v) is 24.3. The Kier molecular flexibility index (Phi) is 5.03. The first-order valence-corrected chi connectivity index (χ1v) is 15.4. The number of hydrogen-bond donors (Lipinski definition) is 0. The van der Waals surface area contributed by atoms with Crippen LogP contribution in [0.3, 0.4) is 0 Å². The van der Waals surface area contributed by atoms with Crippen LogP contribution in [0.2, 0.25) is 0 Å². The number of para-hydroxylation sites is 1. The van der Waals surface area contributed by atoms with Gasteiger partial charge in [0.25, 0.3) is 0 Å². The molecule has 0 aliphatic carbocycles. The maximum atomic E-state index is 6.70. The van der Waals surface area contributed by atoms with Crippen molar-refractivity contribution in [3.05, 3.63) is 152 Å². The maximum absolute atomic E-state index is 6.70. The molecule has 0 saturated heterocycles. The van der Waals surface area contributed by atoms with Crippen LogP contribution < -0.4 is 0 Å². The second kappa shape index (κ2) is 9.25. The first-order chi connectivity index (χ1) is 22.3. The largest absolute Gasteiger partial charge is 0.455 e. The molecule has 10 rings (SSSR count). The second-order valence-corrected chi connectivity index (χ2v) is 11.9. The summed E-state index contributed by atoms with van der Waals surface area (Å²) in [5.41, 5.74) is 7.15. The van der Waals surface area contributed by atoms with Crippen molar-refractivity contribution in [3.63, 3.8) is 0 Å². The van der Waals surface area contributed by atoms with Gasteiger partial charge in [-0.1, -0.05) is 127 Å². The predicted molar refractivity (Wildman–Crippen MR) is 190 cm³/mol. The van der Waals surface area contributed by atoms with E-state index in [-0.39, 0.29) is 0 Å². The highest BCUT2D eigenvalue weighted by Gasteiger charge is 2.18. The lowest BCUT2D eigenvalue weighted by molar-refractivity contribution is 0.671. The van der Waals surface area contributed by atoms with Crippen LogP contribution in [0.15, 0.2) is 156 Å². The summed E-state index contributed by atoms with van der Waals surface area (Å²) in [6.45, 7) is 0. The van der Waals surface area contributed by atoms with Crippen LogP contribution in [0, 0.1) is 0 Å². The number of aromatic nitrogens is 1. The summed E-state index contributed by atoms with van der Waals surface area (Å²) in [7, 11) is 0. The molecule has 0 aliphatic rings. The quantitative estimate of drug-likeness (QED) is 0.193. The lowest BCUT2D eigenvalue weighted by Gasteiger charge is -2.13. The topological polar surface area (TPSA) is 26.0 Å². The number of benzene rings is 8. The molecule has 0 fully saturated rings. The Hall–Kier alpha value is -5.99. The van der Waals surface area contributed by atoms with Crippen LogP contribution in [0.4, 0.5) is 0 Å². The van der Waals surface area contributed by atoms with Crippen LogP contribution in [-0.2, 0) is 0 Å². The van der Waals surface area contributed by atoms with Crippen molar-refractivity contribution in [2.24, 2.45) is 0 Å². The molecule has 208 valence electrons. The zero-order valence-electron chi connectivity index (χ0n) is 24.3. The van der Waals surface area contributed by atoms with Crippen LogP contribution >= 0.6 is 0 Å². The zero-order chi connectivity index (χ0) is 29.5. The summed E-state index contributed by atoms with van der Waals surface area (Å²) in [6.07, 6.45) is 0. The number of furan rings is 1. The van der Waals surface area contributed by atoms with Gasteiger partial charge in [-0.05, 0) is 62.1 Å². The number of nitrogens with zero attached hydrogens (tertiary/aromatic N) is 1. The van der Waals surface area contributed by atoms with E-state index in [1.807, 2.05) is 0 Å². The third-order valence-electron chi connectivity index (χ3n) is 9.39. The Labute approximate surface area is 258 Å². The fourth-order valence-corrected chi connectivity index (χ4v) is 7.28. The van der Waals surface area contributed by atoms with Crippen molar-refractivity contribution in [1.29, 1.82) is 0 Å². The first kappa shape index (κ1) is 24.5. The SMILES string of the molecule is c1ccc2cc3c(cc2c1)oc1c(-c2ccc(-c4nc5ccccc5c5c4ccc4ccccc45)cc2)cc2ccccc2c13. The second-order valence-electron chi connectivity index (χ2n) is 11.9. The van der Waals surface area contributed by atoms with E-state index in [1.165, 1.54) is 48.5 Å². The number of pyridine rings is 1. The van der Waals surface area contributed by atoms with E-state index in [2.05, 4.69) is 152 Å². The summed E-state index contributed by atoms with van der Waals surface area (Å²) in [5, 5.41) is 13.2. The summed E-state index contributed by atoms with van der Waals surface area (Å²) < 4.78 is 6.70. The van der Waals surface area contributed by atoms with Crippen LogP contribution in [0.1, 0.15) is 0 Å². The molecule has 0 amide bonds. The van der Waals surface area contributed by atoms with Gasteiger partial charge in [0.05, 0.1) is 11.2 Å². The normalized spacial score (nSPS) is 12.0. The van der Waals surface area contributed by atoms with Gasteiger partial charge < -0.3 is 4.42 Å². The molecule has 45 heavy (non-hydrogen) atoms. The minimum absolute atomic E-state index is 0.914. The van der Waals surface area contributed by atoms with E-state index in [9.17, 15) is 0 Å². The molecule has 2 aromatic heterocycles. The smallest absolute Gasteiger partial charge is 0.143 e. The third kappa shape index (κ3) is 3.60. The highest BCUT2D eigenvalue weighted by Crippen LogP contribution is 2.43. The molecule has 2 heteroatoms. The minimum atomic E-state index is 0.914. The van der Waals surface area contributed by atoms with Gasteiger partial charge in [0.2, 0.25) is 0 Å². The van der Waals surface area contributed by atoms with Crippen molar-refractivity contribution in [2.45, 2.75) is 0 Å². The molecule has 0 bridgehead atoms. The van der Waals surface area contributed by atoms with Crippen molar-refractivity contribution in [3.8, 4) is 22.4 Å². The Morgan fingerprint density at radius 3 is 1.82 bits per heavy atom. The standard InChI is InChI=1S/C43H25NO/c1-2-11-30-25-39-37(23-29(30)10-1)41-33-14-6-4-12-31(33)24-36(43(41)45-39)27-17-19-28(20-18-27)42-35-22-21-26-9-3-5-13-32(26)40(35)34-15-7-8-16-38(34)44-42/h1-25H. The monoisotopic (exact) mass is 571 g/mol. The van der Waals surface area contributed by atoms with Crippen molar-refractivity contribution < 1.29 is 4.42 Å². The number of hydrogen-bond acceptors (Lipinski definition) is 2. The summed E-state index contributed by atoms with van der Waals surface area (Å²) >= 11 is 0. The molecule has 0 N–H and O–H groups in total. The van der Waals surface area contributed by atoms with Crippen LogP contribution in [0.25, 0.3) is 98.3 Å². The molecule has 0 saturated carbocycles. The maximum Gasteiger partial charge on any atom is 0.143 e.